The number of imidazole rings is 1. The zero-order chi connectivity index (χ0) is 48.5. The molecule has 0 bridgehead atoms. The van der Waals surface area contributed by atoms with Crippen LogP contribution in [0.4, 0.5) is 0 Å². The van der Waals surface area contributed by atoms with Gasteiger partial charge >= 0.3 is 0 Å². The van der Waals surface area contributed by atoms with Gasteiger partial charge in [0.05, 0.1) is 22.3 Å². The molecule has 2 aromatic heterocycles. The number of nitrogens with zero attached hydrogens (tertiary/aromatic N) is 3. The van der Waals surface area contributed by atoms with Gasteiger partial charge in [-0.2, -0.15) is 0 Å². The maximum Gasteiger partial charge on any atom is 0.148 e. The van der Waals surface area contributed by atoms with E-state index in [2.05, 4.69) is 101 Å². The van der Waals surface area contributed by atoms with Gasteiger partial charge in [0.2, 0.25) is 0 Å². The van der Waals surface area contributed by atoms with E-state index >= 15 is 0 Å². The van der Waals surface area contributed by atoms with Gasteiger partial charge in [-0.15, -0.1) is 29.3 Å². The van der Waals surface area contributed by atoms with Gasteiger partial charge < -0.3 is 5.11 Å². The molecule has 0 spiro atoms. The molecule has 300 valence electrons. The van der Waals surface area contributed by atoms with Crippen LogP contribution in [-0.2, 0) is 37.3 Å². The molecule has 59 heavy (non-hydrogen) atoms. The molecule has 0 radical (unpaired) electrons. The number of phenolic OH excluding ortho intramolecular Hbond substituents is 1. The van der Waals surface area contributed by atoms with Crippen molar-refractivity contribution in [3.8, 4) is 67.5 Å². The van der Waals surface area contributed by atoms with Gasteiger partial charge in [0.25, 0.3) is 0 Å². The third-order valence-electron chi connectivity index (χ3n) is 10.7. The van der Waals surface area contributed by atoms with Crippen LogP contribution in [0.15, 0.2) is 146 Å². The first kappa shape index (κ1) is 31.4. The number of hydrogen-bond acceptors (Lipinski definition) is 3. The molecule has 8 rings (SSSR count). The fourth-order valence-corrected chi connectivity index (χ4v) is 7.50. The third kappa shape index (κ3) is 8.34. The molecule has 5 heteroatoms. The van der Waals surface area contributed by atoms with E-state index in [0.717, 1.165) is 44.6 Å². The van der Waals surface area contributed by atoms with Gasteiger partial charge in [-0.05, 0) is 86.0 Å². The van der Waals surface area contributed by atoms with Crippen molar-refractivity contribution in [1.29, 1.82) is 0 Å². The van der Waals surface area contributed by atoms with E-state index in [1.807, 2.05) is 48.5 Å². The number of phenols is 1. The van der Waals surface area contributed by atoms with Crippen LogP contribution in [0.1, 0.15) is 91.1 Å². The van der Waals surface area contributed by atoms with E-state index in [1.165, 1.54) is 12.1 Å². The average Bonchev–Trinajstić information content (AvgIpc) is 3.64. The normalized spacial score (nSPS) is 15.0. The van der Waals surface area contributed by atoms with Crippen LogP contribution in [0.25, 0.3) is 72.7 Å². The number of rotatable bonds is 6. The molecule has 0 amide bonds. The molecule has 4 nitrogen and oxygen atoms in total. The van der Waals surface area contributed by atoms with Gasteiger partial charge in [-0.3, -0.25) is 9.55 Å². The van der Waals surface area contributed by atoms with Crippen molar-refractivity contribution in [2.45, 2.75) is 78.3 Å². The molecule has 0 fully saturated rings. The Morgan fingerprint density at radius 1 is 0.576 bits per heavy atom. The summed E-state index contributed by atoms with van der Waals surface area (Å²) in [6.45, 7) is 2.91. The molecular formula is C54H52N3OPt-. The number of benzene rings is 6. The zero-order valence-electron chi connectivity index (χ0n) is 43.0. The Kier molecular flexibility index (Phi) is 8.44. The van der Waals surface area contributed by atoms with Gasteiger partial charge in [-0.1, -0.05) is 164 Å². The third-order valence-corrected chi connectivity index (χ3v) is 10.7. The zero-order valence-corrected chi connectivity index (χ0v) is 36.2. The summed E-state index contributed by atoms with van der Waals surface area (Å²) in [5, 5.41) is 11.4. The Labute approximate surface area is 377 Å². The van der Waals surface area contributed by atoms with E-state index < -0.39 is 26.0 Å². The second-order valence-corrected chi connectivity index (χ2v) is 17.0. The molecule has 2 heterocycles. The van der Waals surface area contributed by atoms with Crippen LogP contribution >= 0.6 is 0 Å². The van der Waals surface area contributed by atoms with Crippen LogP contribution in [0.3, 0.4) is 0 Å². The van der Waals surface area contributed by atoms with E-state index in [1.54, 1.807) is 36.5 Å². The van der Waals surface area contributed by atoms with Crippen LogP contribution in [0.5, 0.6) is 5.75 Å². The fourth-order valence-electron chi connectivity index (χ4n) is 7.50. The van der Waals surface area contributed by atoms with E-state index in [4.69, 9.17) is 22.3 Å². The number of hydrogen-bond donors (Lipinski definition) is 1. The Balaban J connectivity index is 0.00000684. The maximum atomic E-state index is 11.4. The molecular weight excluding hydrogens is 902 g/mol. The monoisotopic (exact) mass is 962 g/mol. The number of aromatic hydroxyl groups is 1. The second-order valence-electron chi connectivity index (χ2n) is 17.0. The summed E-state index contributed by atoms with van der Waals surface area (Å²) >= 11 is 0. The Hall–Kier alpha value is -5.57. The molecule has 1 N–H and O–H groups in total. The van der Waals surface area contributed by atoms with Gasteiger partial charge in [-0.25, -0.2) is 4.98 Å². The Morgan fingerprint density at radius 3 is 1.92 bits per heavy atom. The predicted molar refractivity (Wildman–Crippen MR) is 243 cm³/mol. The van der Waals surface area contributed by atoms with E-state index in [9.17, 15) is 5.11 Å². The minimum atomic E-state index is -3.36. The fraction of sp³-hybridized carbons (Fsp3) is 0.222. The molecule has 0 saturated heterocycles. The van der Waals surface area contributed by atoms with Gasteiger partial charge in [0.15, 0.2) is 0 Å². The molecule has 6 aromatic carbocycles. The number of para-hydroxylation sites is 2. The molecule has 0 aliphatic heterocycles. The van der Waals surface area contributed by atoms with Crippen molar-refractivity contribution < 1.29 is 38.5 Å². The average molecular weight is 963 g/mol. The second kappa shape index (κ2) is 15.9. The summed E-state index contributed by atoms with van der Waals surface area (Å²) < 4.78 is 75.6. The van der Waals surface area contributed by atoms with Crippen molar-refractivity contribution in [3.05, 3.63) is 168 Å². The first-order valence-electron chi connectivity index (χ1n) is 24.0. The van der Waals surface area contributed by atoms with Crippen molar-refractivity contribution >= 4 is 11.0 Å². The van der Waals surface area contributed by atoms with Gasteiger partial charge in [0.1, 0.15) is 11.6 Å². The molecule has 0 aliphatic rings. The molecule has 0 aliphatic carbocycles. The summed E-state index contributed by atoms with van der Waals surface area (Å²) in [7, 11) is 0. The maximum absolute atomic E-state index is 11.4. The summed E-state index contributed by atoms with van der Waals surface area (Å²) in [5.74, 6) is 0.689. The van der Waals surface area contributed by atoms with Gasteiger partial charge in [0, 0.05) is 45.3 Å². The van der Waals surface area contributed by atoms with Crippen LogP contribution in [0, 0.1) is 6.07 Å². The number of aromatic nitrogens is 3. The van der Waals surface area contributed by atoms with Crippen LogP contribution in [-0.4, -0.2) is 19.6 Å². The van der Waals surface area contributed by atoms with Crippen molar-refractivity contribution in [2.75, 3.05) is 0 Å². The summed E-state index contributed by atoms with van der Waals surface area (Å²) in [5.41, 5.74) is 7.60. The van der Waals surface area contributed by atoms with Crippen molar-refractivity contribution in [3.63, 3.8) is 0 Å². The molecule has 0 saturated carbocycles. The SMILES string of the molecule is [2H]C([2H])([2H])C(c1ccc(-c2ccnc(-c3[c-]c(-c4cccc5c4nc(-c4ccccc4O)n5-c4ccc(-c5ccccc5)cc4C(C)(C)C)cc(C(C)(C)C)c3)c2)cc1)(C([2H])([2H])[2H])C([2H])([2H])[2H].[Pt]. The summed E-state index contributed by atoms with van der Waals surface area (Å²) in [6, 6.07) is 47.3. The minimum absolute atomic E-state index is 0. The summed E-state index contributed by atoms with van der Waals surface area (Å²) in [6.07, 6.45) is 1.66. The van der Waals surface area contributed by atoms with E-state index in [0.29, 0.717) is 39.3 Å². The van der Waals surface area contributed by atoms with Crippen LogP contribution in [0.2, 0.25) is 0 Å². The largest absolute Gasteiger partial charge is 0.507 e. The first-order chi connectivity index (χ1) is 31.3. The van der Waals surface area contributed by atoms with Crippen LogP contribution < -0.4 is 0 Å². The van der Waals surface area contributed by atoms with Crippen molar-refractivity contribution in [2.24, 2.45) is 0 Å². The minimum Gasteiger partial charge on any atom is -0.507 e. The quantitative estimate of drug-likeness (QED) is 0.169. The Morgan fingerprint density at radius 2 is 1.22 bits per heavy atom. The molecule has 0 atom stereocenters. The molecule has 8 aromatic rings. The van der Waals surface area contributed by atoms with E-state index in [-0.39, 0.29) is 43.2 Å². The standard InChI is InChI=1S/C54H52N3O.Pt/c1-52(2,3)41-25-22-36(23-26-41)38-28-29-55-46(34-38)40-30-39(31-42(32-40)53(4,5)6)43-19-15-20-48-50(43)56-51(44-18-13-14-21-49(44)58)57(48)47-27-24-37(33-45(47)54(7,8)9)35-16-11-10-12-17-35;/h10-29,31-34,58H,1-9H3;/q-1;/i1D3,2D3,3D3;. The van der Waals surface area contributed by atoms with Crippen molar-refractivity contribution in [1.82, 2.24) is 14.5 Å². The Bertz CT molecular complexity index is 3090. The molecule has 0 unspecified atom stereocenters. The predicted octanol–water partition coefficient (Wildman–Crippen LogP) is 14.2. The smallest absolute Gasteiger partial charge is 0.148 e. The topological polar surface area (TPSA) is 50.9 Å². The number of pyridine rings is 1. The first-order valence-corrected chi connectivity index (χ1v) is 19.5. The number of fused-ring (bicyclic) bond motifs is 1. The summed E-state index contributed by atoms with van der Waals surface area (Å²) in [4.78, 5) is 10.2.